The van der Waals surface area contributed by atoms with Crippen molar-refractivity contribution >= 4 is 46.8 Å². The lowest BCUT2D eigenvalue weighted by atomic mass is 9.73. The van der Waals surface area contributed by atoms with E-state index in [1.54, 1.807) is 39.7 Å². The van der Waals surface area contributed by atoms with E-state index in [1.165, 1.54) is 24.3 Å². The number of fused-ring (bicyclic) bond motifs is 4. The van der Waals surface area contributed by atoms with E-state index in [4.69, 9.17) is 9.84 Å². The van der Waals surface area contributed by atoms with Gasteiger partial charge in [0.05, 0.1) is 11.4 Å². The van der Waals surface area contributed by atoms with Gasteiger partial charge in [-0.3, -0.25) is 24.0 Å². The third kappa shape index (κ3) is 6.65. The summed E-state index contributed by atoms with van der Waals surface area (Å²) in [7, 11) is 0. The van der Waals surface area contributed by atoms with E-state index in [0.717, 1.165) is 25.0 Å². The first-order chi connectivity index (χ1) is 28.8. The molecule has 0 unspecified atom stereocenters. The summed E-state index contributed by atoms with van der Waals surface area (Å²) < 4.78 is 37.4. The number of hydrogen-bond acceptors (Lipinski definition) is 9. The fourth-order valence-electron chi connectivity index (χ4n) is 9.27. The van der Waals surface area contributed by atoms with Crippen LogP contribution in [0.2, 0.25) is 0 Å². The molecule has 4 aromatic rings. The van der Waals surface area contributed by atoms with E-state index >= 15 is 0 Å². The van der Waals surface area contributed by atoms with Crippen LogP contribution in [-0.4, -0.2) is 72.9 Å². The molecule has 14 nitrogen and oxygen atoms in total. The topological polar surface area (TPSA) is 206 Å². The Kier molecular flexibility index (Phi) is 10.3. The normalized spacial score (nSPS) is 18.0. The number of carbonyl (C=O) groups excluding carboxylic acids is 5. The third-order valence-electron chi connectivity index (χ3n) is 12.1. The summed E-state index contributed by atoms with van der Waals surface area (Å²) in [5.74, 6) is -8.80. The number of amides is 2. The molecule has 2 aromatic heterocycles. The Morgan fingerprint density at radius 2 is 1.23 bits per heavy atom. The monoisotopic (exact) mass is 822 g/mol. The Balaban J connectivity index is 1.08. The van der Waals surface area contributed by atoms with Crippen LogP contribution in [0, 0.1) is 11.6 Å². The Morgan fingerprint density at radius 3 is 1.85 bits per heavy atom. The van der Waals surface area contributed by atoms with Crippen molar-refractivity contribution in [2.24, 2.45) is 0 Å². The fraction of sp³-hybridized carbons (Fsp3) is 0.318. The summed E-state index contributed by atoms with van der Waals surface area (Å²) >= 11 is 0. The molecule has 310 valence electrons. The molecule has 2 saturated carbocycles. The van der Waals surface area contributed by atoms with Crippen molar-refractivity contribution in [3.63, 3.8) is 0 Å². The molecule has 4 aliphatic rings. The van der Waals surface area contributed by atoms with Crippen LogP contribution in [0.4, 0.5) is 8.78 Å². The maximum absolute atomic E-state index is 14.8. The van der Waals surface area contributed by atoms with Crippen LogP contribution in [0.5, 0.6) is 5.75 Å². The van der Waals surface area contributed by atoms with Gasteiger partial charge in [-0.15, -0.1) is 0 Å². The second kappa shape index (κ2) is 15.4. The number of halogens is 2. The molecule has 2 spiro atoms. The minimum Gasteiger partial charge on any atom is -0.505 e. The van der Waals surface area contributed by atoms with Gasteiger partial charge in [0.1, 0.15) is 52.7 Å². The highest BCUT2D eigenvalue weighted by molar-refractivity contribution is 6.28. The molecule has 2 aliphatic carbocycles. The molecule has 2 aliphatic heterocycles. The minimum absolute atomic E-state index is 0.00335. The standard InChI is InChI=1S/C44H40F2N4O10/c45-26-9-7-24(8-10-26)25-19-30-37(54)34(39(56)44(50(30)23-25)16-5-2-6-17-44)41(58)48-22-33(53)60-31-20-27(46)11-12-28(31)29-13-18-49-36(29)38(55)35(42(59)47-21-32(51)52)40(57)43(49)14-3-1-4-15-43/h7-13,18-20,23,54-55H,1-6,14-17,21-22H2,(H,47,59)(H,48,58)(H,51,52). The first-order valence-electron chi connectivity index (χ1n) is 19.7. The Bertz CT molecular complexity index is 2550. The van der Waals surface area contributed by atoms with Crippen molar-refractivity contribution in [3.05, 3.63) is 101 Å². The predicted octanol–water partition coefficient (Wildman–Crippen LogP) is 5.85. The minimum atomic E-state index is -1.36. The number of ketones is 2. The number of carboxylic acids is 1. The van der Waals surface area contributed by atoms with Crippen LogP contribution in [0.15, 0.2) is 78.1 Å². The molecule has 4 heterocycles. The van der Waals surface area contributed by atoms with Gasteiger partial charge in [0.15, 0.2) is 23.1 Å². The SMILES string of the molecule is O=C(O)CNC(=O)C1=C(O)c2c(-c3ccc(F)cc3OC(=O)CNC(=O)C3=C(O)c4cc(-c5ccc(F)cc5)cn4C4(CCCCC4)C3=O)ccn2C2(CCCCC2)C1=O. The number of ether oxygens (including phenoxy) is 1. The molecule has 0 radical (unpaired) electrons. The number of benzene rings is 2. The summed E-state index contributed by atoms with van der Waals surface area (Å²) in [6, 6.07) is 12.1. The van der Waals surface area contributed by atoms with Crippen LogP contribution >= 0.6 is 0 Å². The van der Waals surface area contributed by atoms with E-state index < -0.39 is 93.8 Å². The fourth-order valence-corrected chi connectivity index (χ4v) is 9.27. The molecule has 16 heteroatoms. The average Bonchev–Trinajstić information content (AvgIpc) is 3.90. The van der Waals surface area contributed by atoms with Gasteiger partial charge < -0.3 is 39.8 Å². The van der Waals surface area contributed by atoms with E-state index in [1.807, 2.05) is 0 Å². The summed E-state index contributed by atoms with van der Waals surface area (Å²) in [5, 5.41) is 36.7. The van der Waals surface area contributed by atoms with Gasteiger partial charge in [-0.2, -0.15) is 0 Å². The molecule has 2 fully saturated rings. The van der Waals surface area contributed by atoms with Gasteiger partial charge >= 0.3 is 11.9 Å². The molecule has 5 N–H and O–H groups in total. The lowest BCUT2D eigenvalue weighted by molar-refractivity contribution is -0.138. The maximum atomic E-state index is 14.8. The number of aromatic nitrogens is 2. The van der Waals surface area contributed by atoms with E-state index in [-0.39, 0.29) is 28.3 Å². The predicted molar refractivity (Wildman–Crippen MR) is 210 cm³/mol. The van der Waals surface area contributed by atoms with E-state index in [0.29, 0.717) is 62.5 Å². The first-order valence-corrected chi connectivity index (χ1v) is 19.7. The van der Waals surface area contributed by atoms with Crippen LogP contribution in [-0.2, 0) is 39.8 Å². The molecule has 0 bridgehead atoms. The zero-order valence-corrected chi connectivity index (χ0v) is 32.2. The summed E-state index contributed by atoms with van der Waals surface area (Å²) in [4.78, 5) is 80.0. The number of nitrogens with zero attached hydrogens (tertiary/aromatic N) is 2. The van der Waals surface area contributed by atoms with Crippen molar-refractivity contribution < 1.29 is 57.6 Å². The summed E-state index contributed by atoms with van der Waals surface area (Å²) in [5.41, 5.74) is -1.98. The highest BCUT2D eigenvalue weighted by Gasteiger charge is 2.51. The molecular weight excluding hydrogens is 782 g/mol. The highest BCUT2D eigenvalue weighted by Crippen LogP contribution is 2.49. The molecule has 60 heavy (non-hydrogen) atoms. The average molecular weight is 823 g/mol. The number of carboxylic acid groups (broad SMARTS) is 1. The zero-order chi connectivity index (χ0) is 42.5. The van der Waals surface area contributed by atoms with Crippen LogP contribution in [0.1, 0.15) is 75.6 Å². The number of rotatable bonds is 9. The Labute approximate surface area is 341 Å². The van der Waals surface area contributed by atoms with Crippen molar-refractivity contribution in [1.29, 1.82) is 0 Å². The maximum Gasteiger partial charge on any atom is 0.330 e. The van der Waals surface area contributed by atoms with Crippen molar-refractivity contribution in [1.82, 2.24) is 19.8 Å². The second-order valence-electron chi connectivity index (χ2n) is 15.6. The largest absolute Gasteiger partial charge is 0.505 e. The smallest absolute Gasteiger partial charge is 0.330 e. The van der Waals surface area contributed by atoms with Gasteiger partial charge in [0, 0.05) is 35.2 Å². The van der Waals surface area contributed by atoms with E-state index in [2.05, 4.69) is 10.6 Å². The Morgan fingerprint density at radius 1 is 0.667 bits per heavy atom. The molecule has 0 saturated heterocycles. The molecular formula is C44H40F2N4O10. The number of Topliss-reactive ketones (excluding diaryl/α,β-unsaturated/α-hetero) is 2. The van der Waals surface area contributed by atoms with Crippen molar-refractivity contribution in [2.45, 2.75) is 75.3 Å². The van der Waals surface area contributed by atoms with Crippen LogP contribution < -0.4 is 15.4 Å². The van der Waals surface area contributed by atoms with Gasteiger partial charge in [0.25, 0.3) is 11.8 Å². The summed E-state index contributed by atoms with van der Waals surface area (Å²) in [6.07, 6.45) is 8.98. The lowest BCUT2D eigenvalue weighted by Gasteiger charge is -2.41. The zero-order valence-electron chi connectivity index (χ0n) is 32.2. The number of aliphatic hydroxyl groups is 2. The number of aliphatic hydroxyl groups excluding tert-OH is 2. The van der Waals surface area contributed by atoms with E-state index in [9.17, 15) is 47.8 Å². The first kappa shape index (κ1) is 40.0. The number of hydrogen-bond donors (Lipinski definition) is 5. The molecule has 2 aromatic carbocycles. The molecule has 8 rings (SSSR count). The van der Waals surface area contributed by atoms with Crippen LogP contribution in [0.25, 0.3) is 33.8 Å². The number of esters is 1. The number of nitrogens with one attached hydrogen (secondary N) is 2. The Hall–Kier alpha value is -6.84. The molecule has 0 atom stereocenters. The lowest BCUT2D eigenvalue weighted by Crippen LogP contribution is -2.50. The van der Waals surface area contributed by atoms with Crippen LogP contribution in [0.3, 0.4) is 0 Å². The van der Waals surface area contributed by atoms with Gasteiger partial charge in [0.2, 0.25) is 0 Å². The van der Waals surface area contributed by atoms with Gasteiger partial charge in [-0.05, 0) is 67.6 Å². The number of carbonyl (C=O) groups is 6. The van der Waals surface area contributed by atoms with Crippen molar-refractivity contribution in [2.75, 3.05) is 13.1 Å². The van der Waals surface area contributed by atoms with Crippen molar-refractivity contribution in [3.8, 4) is 28.0 Å². The van der Waals surface area contributed by atoms with Gasteiger partial charge in [-0.1, -0.05) is 50.7 Å². The number of aliphatic carboxylic acids is 1. The summed E-state index contributed by atoms with van der Waals surface area (Å²) in [6.45, 7) is -1.63. The second-order valence-corrected chi connectivity index (χ2v) is 15.6. The van der Waals surface area contributed by atoms with Gasteiger partial charge in [-0.25, -0.2) is 13.6 Å². The quantitative estimate of drug-likeness (QED) is 0.0774. The third-order valence-corrected chi connectivity index (χ3v) is 12.1. The molecule has 2 amide bonds. The highest BCUT2D eigenvalue weighted by atomic mass is 19.1.